The Hall–Kier alpha value is -0.0800. The highest BCUT2D eigenvalue weighted by atomic mass is 16.4. The molecule has 4 aliphatic carbocycles. The van der Waals surface area contributed by atoms with Crippen LogP contribution in [0.25, 0.3) is 0 Å². The van der Waals surface area contributed by atoms with Gasteiger partial charge in [-0.3, -0.25) is 0 Å². The Morgan fingerprint density at radius 3 is 2.15 bits per heavy atom. The lowest BCUT2D eigenvalue weighted by Crippen LogP contribution is -2.53. The number of hydrogen-bond donors (Lipinski definition) is 1. The van der Waals surface area contributed by atoms with Crippen molar-refractivity contribution in [2.45, 2.75) is 118 Å². The Kier molecular flexibility index (Phi) is 9.81. The van der Waals surface area contributed by atoms with Crippen molar-refractivity contribution >= 4 is 0 Å². The molecule has 0 aromatic rings. The van der Waals surface area contributed by atoms with E-state index in [1.54, 1.807) is 27.1 Å². The normalized spacial score (nSPS) is 41.9. The van der Waals surface area contributed by atoms with E-state index < -0.39 is 0 Å². The Morgan fingerprint density at radius 2 is 1.48 bits per heavy atom. The fourth-order valence-corrected chi connectivity index (χ4v) is 9.93. The predicted octanol–water partition coefficient (Wildman–Crippen LogP) is 8.37. The lowest BCUT2D eigenvalue weighted by molar-refractivity contribution is -0.114. The molecule has 0 amide bonds. The van der Waals surface area contributed by atoms with Crippen molar-refractivity contribution in [2.24, 2.45) is 58.2 Å². The highest BCUT2D eigenvalue weighted by Gasteiger charge is 2.60. The highest BCUT2D eigenvalue weighted by Crippen LogP contribution is 2.68. The van der Waals surface area contributed by atoms with Crippen molar-refractivity contribution in [1.29, 1.82) is 0 Å². The van der Waals surface area contributed by atoms with Crippen LogP contribution in [0.5, 0.6) is 0 Å². The first kappa shape index (κ1) is 27.5. The zero-order chi connectivity index (χ0) is 24.2. The summed E-state index contributed by atoms with van der Waals surface area (Å²) < 4.78 is 4.25. The van der Waals surface area contributed by atoms with Gasteiger partial charge in [-0.15, -0.1) is 0 Å². The maximum atomic E-state index is 9.47. The van der Waals surface area contributed by atoms with Crippen molar-refractivity contribution in [3.8, 4) is 0 Å². The fraction of sp³-hybridized carbons (Fsp3) is 1.00. The molecule has 4 saturated carbocycles. The summed E-state index contributed by atoms with van der Waals surface area (Å²) in [6, 6.07) is 0. The molecule has 2 heteroatoms. The second kappa shape index (κ2) is 11.8. The molecule has 0 bridgehead atoms. The van der Waals surface area contributed by atoms with E-state index in [4.69, 9.17) is 0 Å². The molecule has 2 nitrogen and oxygen atoms in total. The molecular weight excluding hydrogens is 404 g/mol. The first-order chi connectivity index (χ1) is 15.7. The number of aliphatic hydroxyl groups excluding tert-OH is 1. The van der Waals surface area contributed by atoms with E-state index in [0.717, 1.165) is 41.9 Å². The van der Waals surface area contributed by atoms with Gasteiger partial charge in [-0.2, -0.15) is 0 Å². The van der Waals surface area contributed by atoms with Crippen molar-refractivity contribution in [2.75, 3.05) is 20.8 Å². The molecule has 4 rings (SSSR count). The number of ether oxygens (including phenoxy) is 1. The van der Waals surface area contributed by atoms with Crippen LogP contribution in [0.2, 0.25) is 0 Å². The summed E-state index contributed by atoms with van der Waals surface area (Å²) in [5.41, 5.74) is 1.30. The molecule has 194 valence electrons. The standard InChI is InChI=1S/C29H52O.C2H6O/c1-20(2)22(16-19-30)10-9-21(3)25-13-14-26-24-12-11-23-8-6-7-17-28(23,4)27(24)15-18-29(25,26)5;1-3-2/h20-27,30H,6-19H2,1-5H3;1-2H3/t21-,22+,23?,24+,25-,26+,27+,28+,29-;/m1./s1. The van der Waals surface area contributed by atoms with E-state index in [9.17, 15) is 5.11 Å². The van der Waals surface area contributed by atoms with Gasteiger partial charge in [0.25, 0.3) is 0 Å². The number of fused-ring (bicyclic) bond motifs is 5. The highest BCUT2D eigenvalue weighted by molar-refractivity contribution is 5.09. The maximum Gasteiger partial charge on any atom is 0.0433 e. The third-order valence-electron chi connectivity index (χ3n) is 11.8. The third kappa shape index (κ3) is 5.52. The zero-order valence-electron chi connectivity index (χ0n) is 23.4. The van der Waals surface area contributed by atoms with E-state index in [0.29, 0.717) is 29.3 Å². The molecule has 0 spiro atoms. The number of hydrogen-bond acceptors (Lipinski definition) is 2. The molecular formula is C31H58O2. The van der Waals surface area contributed by atoms with Crippen LogP contribution in [0, 0.1) is 58.2 Å². The zero-order valence-corrected chi connectivity index (χ0v) is 23.4. The summed E-state index contributed by atoms with van der Waals surface area (Å²) in [4.78, 5) is 0. The maximum absolute atomic E-state index is 9.47. The van der Waals surface area contributed by atoms with Crippen LogP contribution in [-0.2, 0) is 4.74 Å². The third-order valence-corrected chi connectivity index (χ3v) is 11.8. The Morgan fingerprint density at radius 1 is 0.788 bits per heavy atom. The fourth-order valence-electron chi connectivity index (χ4n) is 9.93. The van der Waals surface area contributed by atoms with Gasteiger partial charge in [0.15, 0.2) is 0 Å². The molecule has 0 aliphatic heterocycles. The van der Waals surface area contributed by atoms with Crippen molar-refractivity contribution < 1.29 is 9.84 Å². The molecule has 0 aromatic carbocycles. The van der Waals surface area contributed by atoms with Crippen LogP contribution in [-0.4, -0.2) is 25.9 Å². The molecule has 33 heavy (non-hydrogen) atoms. The Balaban J connectivity index is 0.000000968. The van der Waals surface area contributed by atoms with Crippen LogP contribution in [0.3, 0.4) is 0 Å². The van der Waals surface area contributed by atoms with Gasteiger partial charge < -0.3 is 9.84 Å². The van der Waals surface area contributed by atoms with Crippen molar-refractivity contribution in [3.63, 3.8) is 0 Å². The Labute approximate surface area is 207 Å². The smallest absolute Gasteiger partial charge is 0.0433 e. The second-order valence-corrected chi connectivity index (χ2v) is 13.6. The van der Waals surface area contributed by atoms with Gasteiger partial charge in [-0.1, -0.05) is 53.9 Å². The van der Waals surface area contributed by atoms with Crippen molar-refractivity contribution in [3.05, 3.63) is 0 Å². The van der Waals surface area contributed by atoms with Gasteiger partial charge in [0.05, 0.1) is 0 Å². The van der Waals surface area contributed by atoms with Crippen LogP contribution < -0.4 is 0 Å². The number of aliphatic hydroxyl groups is 1. The van der Waals surface area contributed by atoms with Gasteiger partial charge in [-0.25, -0.2) is 0 Å². The van der Waals surface area contributed by atoms with Gasteiger partial charge in [0, 0.05) is 20.8 Å². The summed E-state index contributed by atoms with van der Waals surface area (Å²) in [6.07, 6.45) is 18.9. The monoisotopic (exact) mass is 462 g/mol. The largest absolute Gasteiger partial charge is 0.396 e. The van der Waals surface area contributed by atoms with Crippen molar-refractivity contribution in [1.82, 2.24) is 0 Å². The van der Waals surface area contributed by atoms with Crippen LogP contribution in [0.1, 0.15) is 118 Å². The number of rotatable bonds is 7. The minimum absolute atomic E-state index is 0.364. The predicted molar refractivity (Wildman–Crippen MR) is 141 cm³/mol. The molecule has 0 aromatic heterocycles. The first-order valence-electron chi connectivity index (χ1n) is 14.7. The average molecular weight is 463 g/mol. The average Bonchev–Trinajstić information content (AvgIpc) is 3.13. The molecule has 0 radical (unpaired) electrons. The van der Waals surface area contributed by atoms with Crippen LogP contribution >= 0.6 is 0 Å². The van der Waals surface area contributed by atoms with Crippen LogP contribution in [0.15, 0.2) is 0 Å². The summed E-state index contributed by atoms with van der Waals surface area (Å²) in [6.45, 7) is 13.1. The molecule has 4 fully saturated rings. The lowest BCUT2D eigenvalue weighted by atomic mass is 9.44. The van der Waals surface area contributed by atoms with E-state index in [1.165, 1.54) is 64.2 Å². The lowest BCUT2D eigenvalue weighted by Gasteiger charge is -2.61. The van der Waals surface area contributed by atoms with Crippen LogP contribution in [0.4, 0.5) is 0 Å². The molecule has 9 atom stereocenters. The summed E-state index contributed by atoms with van der Waals surface area (Å²) >= 11 is 0. The Bertz CT molecular complexity index is 587. The minimum atomic E-state index is 0.364. The summed E-state index contributed by atoms with van der Waals surface area (Å²) in [5.74, 6) is 7.36. The molecule has 1 unspecified atom stereocenters. The van der Waals surface area contributed by atoms with E-state index in [2.05, 4.69) is 39.4 Å². The van der Waals surface area contributed by atoms with E-state index >= 15 is 0 Å². The quantitative estimate of drug-likeness (QED) is 0.412. The van der Waals surface area contributed by atoms with E-state index in [-0.39, 0.29) is 0 Å². The van der Waals surface area contributed by atoms with E-state index in [1.807, 2.05) is 0 Å². The van der Waals surface area contributed by atoms with Gasteiger partial charge in [-0.05, 0) is 122 Å². The van der Waals surface area contributed by atoms with Gasteiger partial charge >= 0.3 is 0 Å². The topological polar surface area (TPSA) is 29.5 Å². The van der Waals surface area contributed by atoms with Gasteiger partial charge in [0.2, 0.25) is 0 Å². The summed E-state index contributed by atoms with van der Waals surface area (Å²) in [5, 5.41) is 9.47. The van der Waals surface area contributed by atoms with Gasteiger partial charge in [0.1, 0.15) is 0 Å². The SMILES string of the molecule is CC(C)[C@H](CCO)CC[C@@H](C)[C@H]1CC[C@H]2[C@@H]3CCC4CCCC[C@]4(C)[C@H]3CC[C@]12C.COC. The molecule has 0 saturated heterocycles. The minimum Gasteiger partial charge on any atom is -0.396 e. The molecule has 1 N–H and O–H groups in total. The second-order valence-electron chi connectivity index (χ2n) is 13.6. The molecule has 0 heterocycles. The number of methoxy groups -OCH3 is 1. The first-order valence-corrected chi connectivity index (χ1v) is 14.7. The summed E-state index contributed by atoms with van der Waals surface area (Å²) in [7, 11) is 3.25. The molecule has 4 aliphatic rings.